The fourth-order valence-electron chi connectivity index (χ4n) is 2.56. The van der Waals surface area contributed by atoms with E-state index >= 15 is 0 Å². The summed E-state index contributed by atoms with van der Waals surface area (Å²) in [5.74, 6) is -1.56. The Balaban J connectivity index is 1.70. The van der Waals surface area contributed by atoms with Crippen LogP contribution in [-0.2, 0) is 9.59 Å². The molecule has 1 N–H and O–H groups in total. The van der Waals surface area contributed by atoms with E-state index < -0.39 is 29.2 Å². The van der Waals surface area contributed by atoms with Gasteiger partial charge in [-0.25, -0.2) is 9.29 Å². The second-order valence-electron chi connectivity index (χ2n) is 5.52. The molecule has 0 aliphatic carbocycles. The van der Waals surface area contributed by atoms with Crippen molar-refractivity contribution in [2.75, 3.05) is 10.2 Å². The van der Waals surface area contributed by atoms with E-state index in [9.17, 15) is 22.8 Å². The van der Waals surface area contributed by atoms with Gasteiger partial charge in [0.05, 0.1) is 12.1 Å². The monoisotopic (exact) mass is 384 g/mol. The second-order valence-corrected chi connectivity index (χ2v) is 5.96. The fraction of sp³-hybridized carbons (Fsp3) is 0.176. The van der Waals surface area contributed by atoms with E-state index in [2.05, 4.69) is 21.7 Å². The van der Waals surface area contributed by atoms with E-state index in [1.54, 1.807) is 0 Å². The molecule has 0 saturated carbocycles. The van der Waals surface area contributed by atoms with Gasteiger partial charge in [0, 0.05) is 17.3 Å². The molecule has 3 rings (SSSR count). The van der Waals surface area contributed by atoms with Crippen molar-refractivity contribution >= 4 is 34.8 Å². The van der Waals surface area contributed by atoms with Crippen LogP contribution in [0.25, 0.3) is 0 Å². The molecule has 0 radical (unpaired) electrons. The van der Waals surface area contributed by atoms with Crippen LogP contribution in [0.2, 0.25) is 0 Å². The number of carbonyl (C=O) groups is 2. The molecule has 9 heteroatoms. The molecule has 2 aromatic rings. The van der Waals surface area contributed by atoms with Crippen LogP contribution in [0.1, 0.15) is 6.42 Å². The predicted molar refractivity (Wildman–Crippen MR) is 88.8 cm³/mol. The lowest BCUT2D eigenvalue weighted by atomic mass is 10.2. The molecule has 0 unspecified atom stereocenters. The van der Waals surface area contributed by atoms with Crippen LogP contribution < -0.4 is 15.0 Å². The van der Waals surface area contributed by atoms with Crippen molar-refractivity contribution in [3.8, 4) is 5.75 Å². The Hall–Kier alpha value is -2.74. The van der Waals surface area contributed by atoms with E-state index in [4.69, 9.17) is 0 Å². The fourth-order valence-corrected chi connectivity index (χ4v) is 2.65. The average molecular weight is 385 g/mol. The van der Waals surface area contributed by atoms with Gasteiger partial charge in [0.25, 0.3) is 5.91 Å². The van der Waals surface area contributed by atoms with Gasteiger partial charge in [-0.3, -0.25) is 9.59 Å². The van der Waals surface area contributed by atoms with Crippen molar-refractivity contribution in [3.05, 3.63) is 54.3 Å². The van der Waals surface area contributed by atoms with Crippen LogP contribution in [-0.4, -0.2) is 23.4 Å². The number of rotatable bonds is 5. The highest BCUT2D eigenvalue weighted by atomic mass is 35.5. The number of ether oxygens (including phenoxy) is 1. The Kier molecular flexibility index (Phi) is 4.78. The van der Waals surface area contributed by atoms with Gasteiger partial charge in [-0.1, -0.05) is 0 Å². The molecule has 1 atom stereocenters. The molecule has 1 aliphatic heterocycles. The molecule has 1 fully saturated rings. The van der Waals surface area contributed by atoms with Crippen molar-refractivity contribution in [2.24, 2.45) is 0 Å². The first-order valence-electron chi connectivity index (χ1n) is 7.48. The van der Waals surface area contributed by atoms with E-state index in [1.807, 2.05) is 0 Å². The molecule has 136 valence electrons. The highest BCUT2D eigenvalue weighted by molar-refractivity contribution is 6.23. The van der Waals surface area contributed by atoms with Crippen LogP contribution in [0, 0.1) is 5.82 Å². The summed E-state index contributed by atoms with van der Waals surface area (Å²) in [6.45, 7) is 0. The topological polar surface area (TPSA) is 58.6 Å². The number of amides is 2. The number of hydrogen-bond acceptors (Lipinski definition) is 4. The van der Waals surface area contributed by atoms with Crippen molar-refractivity contribution < 1.29 is 27.5 Å². The maximum Gasteiger partial charge on any atom is 0.487 e. The first kappa shape index (κ1) is 18.1. The smallest absolute Gasteiger partial charge is 0.420 e. The molecule has 2 amide bonds. The van der Waals surface area contributed by atoms with Crippen LogP contribution >= 0.6 is 11.6 Å². The molecular weight excluding hydrogens is 373 g/mol. The molecule has 5 nitrogen and oxygen atoms in total. The summed E-state index contributed by atoms with van der Waals surface area (Å²) < 4.78 is 42.3. The molecule has 26 heavy (non-hydrogen) atoms. The van der Waals surface area contributed by atoms with Crippen molar-refractivity contribution in [3.63, 3.8) is 0 Å². The Bertz CT molecular complexity index is 823. The summed E-state index contributed by atoms with van der Waals surface area (Å²) in [6, 6.07) is 9.48. The number of benzene rings is 2. The molecule has 0 bridgehead atoms. The largest absolute Gasteiger partial charge is 0.487 e. The van der Waals surface area contributed by atoms with Gasteiger partial charge in [-0.2, -0.15) is 0 Å². The summed E-state index contributed by atoms with van der Waals surface area (Å²) in [6.07, 6.45) is -0.0891. The predicted octanol–water partition coefficient (Wildman–Crippen LogP) is 3.74. The molecule has 2 aromatic carbocycles. The van der Waals surface area contributed by atoms with E-state index in [0.717, 1.165) is 17.0 Å². The van der Waals surface area contributed by atoms with Crippen LogP contribution in [0.5, 0.6) is 5.75 Å². The van der Waals surface area contributed by atoms with Crippen LogP contribution in [0.15, 0.2) is 48.5 Å². The van der Waals surface area contributed by atoms with Crippen LogP contribution in [0.3, 0.4) is 0 Å². The highest BCUT2D eigenvalue weighted by Crippen LogP contribution is 2.28. The summed E-state index contributed by atoms with van der Waals surface area (Å²) in [5.41, 5.74) is -3.11. The Morgan fingerprint density at radius 1 is 1.08 bits per heavy atom. The lowest BCUT2D eigenvalue weighted by Crippen LogP contribution is -2.34. The minimum atomic E-state index is -3.82. The third kappa shape index (κ3) is 4.08. The number of anilines is 2. The van der Waals surface area contributed by atoms with Gasteiger partial charge in [-0.05, 0) is 48.5 Å². The van der Waals surface area contributed by atoms with Gasteiger partial charge in [0.2, 0.25) is 5.91 Å². The van der Waals surface area contributed by atoms with E-state index in [1.165, 1.54) is 36.4 Å². The van der Waals surface area contributed by atoms with Crippen molar-refractivity contribution in [2.45, 2.75) is 18.0 Å². The highest BCUT2D eigenvalue weighted by Gasteiger charge is 2.39. The van der Waals surface area contributed by atoms with Crippen molar-refractivity contribution in [1.29, 1.82) is 0 Å². The van der Waals surface area contributed by atoms with Gasteiger partial charge < -0.3 is 10.1 Å². The number of carbonyl (C=O) groups excluding carboxylic acids is 2. The van der Waals surface area contributed by atoms with Gasteiger partial charge in [-0.15, -0.1) is 8.78 Å². The van der Waals surface area contributed by atoms with E-state index in [0.29, 0.717) is 5.69 Å². The molecule has 1 heterocycles. The Morgan fingerprint density at radius 2 is 1.69 bits per heavy atom. The minimum Gasteiger partial charge on any atom is -0.420 e. The molecule has 1 aliphatic rings. The Labute approximate surface area is 151 Å². The number of nitrogens with zero attached hydrogens (tertiary/aromatic N) is 1. The number of alkyl halides is 3. The maximum atomic E-state index is 13.0. The average Bonchev–Trinajstić information content (AvgIpc) is 2.83. The minimum absolute atomic E-state index is 0.0891. The quantitative estimate of drug-likeness (QED) is 0.630. The molecule has 1 saturated heterocycles. The number of nitrogens with one attached hydrogen (secondary N) is 1. The zero-order chi connectivity index (χ0) is 18.9. The van der Waals surface area contributed by atoms with Gasteiger partial charge >= 0.3 is 5.57 Å². The first-order valence-corrected chi connectivity index (χ1v) is 7.85. The van der Waals surface area contributed by atoms with E-state index in [-0.39, 0.29) is 17.9 Å². The lowest BCUT2D eigenvalue weighted by Gasteiger charge is -2.16. The molecule has 0 spiro atoms. The summed E-state index contributed by atoms with van der Waals surface area (Å²) in [7, 11) is 0. The SMILES string of the molecule is O=C1C[C@@H](Nc2ccc(OC(F)(F)Cl)cc2)C(=O)N1c1ccc(F)cc1. The summed E-state index contributed by atoms with van der Waals surface area (Å²) in [4.78, 5) is 25.6. The van der Waals surface area contributed by atoms with Crippen molar-refractivity contribution in [1.82, 2.24) is 0 Å². The third-order valence-electron chi connectivity index (χ3n) is 3.66. The number of halogens is 4. The normalized spacial score (nSPS) is 17.5. The number of imide groups is 1. The van der Waals surface area contributed by atoms with Gasteiger partial charge in [0.15, 0.2) is 0 Å². The lowest BCUT2D eigenvalue weighted by molar-refractivity contribution is -0.121. The summed E-state index contributed by atoms with van der Waals surface area (Å²) in [5, 5.41) is 2.86. The number of hydrogen-bond donors (Lipinski definition) is 1. The second kappa shape index (κ2) is 6.87. The zero-order valence-corrected chi connectivity index (χ0v) is 13.8. The maximum absolute atomic E-state index is 13.0. The first-order chi connectivity index (χ1) is 12.2. The van der Waals surface area contributed by atoms with Gasteiger partial charge in [0.1, 0.15) is 17.6 Å². The summed E-state index contributed by atoms with van der Waals surface area (Å²) >= 11 is 4.68. The Morgan fingerprint density at radius 3 is 2.27 bits per heavy atom. The van der Waals surface area contributed by atoms with Crippen LogP contribution in [0.4, 0.5) is 24.5 Å². The zero-order valence-electron chi connectivity index (χ0n) is 13.1. The molecule has 0 aromatic heterocycles. The standard InChI is InChI=1S/C17H12ClF3N2O3/c18-17(20,21)26-13-7-3-11(4-8-13)22-14-9-15(24)23(16(14)25)12-5-1-10(19)2-6-12/h1-8,14,22H,9H2/t14-/m1/s1. The molecular formula is C17H12ClF3N2O3. The third-order valence-corrected chi connectivity index (χ3v) is 3.74.